The second-order valence-corrected chi connectivity index (χ2v) is 6.69. The summed E-state index contributed by atoms with van der Waals surface area (Å²) in [6.07, 6.45) is 1.17. The molecule has 8 heteroatoms. The summed E-state index contributed by atoms with van der Waals surface area (Å²) in [6, 6.07) is 15.2. The lowest BCUT2D eigenvalue weighted by molar-refractivity contribution is -0.147. The molecule has 0 atom stereocenters. The van der Waals surface area contributed by atoms with Crippen molar-refractivity contribution in [3.8, 4) is 0 Å². The van der Waals surface area contributed by atoms with Crippen molar-refractivity contribution in [1.29, 1.82) is 0 Å². The van der Waals surface area contributed by atoms with Gasteiger partial charge >= 0.3 is 11.9 Å². The van der Waals surface area contributed by atoms with Gasteiger partial charge in [-0.05, 0) is 49.2 Å². The van der Waals surface area contributed by atoms with Gasteiger partial charge in [0.2, 0.25) is 5.91 Å². The van der Waals surface area contributed by atoms with Gasteiger partial charge in [-0.1, -0.05) is 25.1 Å². The molecule has 0 saturated carbocycles. The van der Waals surface area contributed by atoms with E-state index in [0.29, 0.717) is 23.5 Å². The number of carbonyl (C=O) groups is 4. The lowest BCUT2D eigenvalue weighted by Crippen LogP contribution is -2.21. The maximum absolute atomic E-state index is 12.0. The van der Waals surface area contributed by atoms with Gasteiger partial charge < -0.3 is 20.1 Å². The minimum atomic E-state index is -0.550. The van der Waals surface area contributed by atoms with Crippen LogP contribution in [0.2, 0.25) is 0 Å². The number of anilines is 2. The minimum Gasteiger partial charge on any atom is -0.462 e. The maximum atomic E-state index is 12.0. The molecule has 0 saturated heterocycles. The average Bonchev–Trinajstić information content (AvgIpc) is 2.77. The van der Waals surface area contributed by atoms with E-state index in [1.807, 2.05) is 13.0 Å². The molecule has 2 amide bonds. The van der Waals surface area contributed by atoms with Crippen molar-refractivity contribution in [1.82, 2.24) is 0 Å². The van der Waals surface area contributed by atoms with Gasteiger partial charge in [-0.25, -0.2) is 4.79 Å². The first kappa shape index (κ1) is 23.6. The minimum absolute atomic E-state index is 0.0221. The van der Waals surface area contributed by atoms with E-state index in [0.717, 1.165) is 6.42 Å². The van der Waals surface area contributed by atoms with E-state index in [2.05, 4.69) is 10.6 Å². The van der Waals surface area contributed by atoms with E-state index >= 15 is 0 Å². The highest BCUT2D eigenvalue weighted by molar-refractivity contribution is 5.94. The van der Waals surface area contributed by atoms with Crippen molar-refractivity contribution < 1.29 is 28.7 Å². The SMILES string of the molecule is CCCOC(=O)c1ccc(NC(=O)CCCC(=O)OCC(=O)Nc2ccccc2)cc1. The lowest BCUT2D eigenvalue weighted by Gasteiger charge is -2.08. The Kier molecular flexibility index (Phi) is 9.74. The third-order valence-corrected chi connectivity index (χ3v) is 4.05. The highest BCUT2D eigenvalue weighted by atomic mass is 16.5. The van der Waals surface area contributed by atoms with Crippen molar-refractivity contribution in [2.75, 3.05) is 23.8 Å². The van der Waals surface area contributed by atoms with Crippen LogP contribution >= 0.6 is 0 Å². The number of benzene rings is 2. The summed E-state index contributed by atoms with van der Waals surface area (Å²) in [7, 11) is 0. The standard InChI is InChI=1S/C23H26N2O6/c1-2-15-30-23(29)17-11-13-19(14-12-17)24-20(26)9-6-10-22(28)31-16-21(27)25-18-7-4-3-5-8-18/h3-5,7-8,11-14H,2,6,9-10,15-16H2,1H3,(H,24,26)(H,25,27). The predicted octanol–water partition coefficient (Wildman–Crippen LogP) is 3.54. The molecule has 0 aliphatic rings. The van der Waals surface area contributed by atoms with E-state index in [1.165, 1.54) is 0 Å². The zero-order chi connectivity index (χ0) is 22.5. The van der Waals surface area contributed by atoms with Gasteiger partial charge in [0, 0.05) is 24.2 Å². The zero-order valence-electron chi connectivity index (χ0n) is 17.4. The highest BCUT2D eigenvalue weighted by Gasteiger charge is 2.11. The number of amides is 2. The first-order valence-corrected chi connectivity index (χ1v) is 10.1. The molecule has 8 nitrogen and oxygen atoms in total. The van der Waals surface area contributed by atoms with Crippen LogP contribution in [0.1, 0.15) is 43.0 Å². The summed E-state index contributed by atoms with van der Waals surface area (Å²) in [5.74, 6) is -1.66. The van der Waals surface area contributed by atoms with Crippen LogP contribution in [0.5, 0.6) is 0 Å². The number of carbonyl (C=O) groups excluding carboxylic acids is 4. The third-order valence-electron chi connectivity index (χ3n) is 4.05. The molecular weight excluding hydrogens is 400 g/mol. The van der Waals surface area contributed by atoms with Crippen LogP contribution in [0.15, 0.2) is 54.6 Å². The van der Waals surface area contributed by atoms with E-state index in [1.54, 1.807) is 48.5 Å². The fourth-order valence-electron chi connectivity index (χ4n) is 2.52. The third kappa shape index (κ3) is 9.12. The molecular formula is C23H26N2O6. The summed E-state index contributed by atoms with van der Waals surface area (Å²) < 4.78 is 9.96. The van der Waals surface area contributed by atoms with Crippen molar-refractivity contribution in [2.45, 2.75) is 32.6 Å². The molecule has 0 aromatic heterocycles. The Morgan fingerprint density at radius 1 is 0.774 bits per heavy atom. The van der Waals surface area contributed by atoms with Gasteiger partial charge in [0.15, 0.2) is 6.61 Å². The Labute approximate surface area is 180 Å². The Morgan fingerprint density at radius 2 is 1.42 bits per heavy atom. The fourth-order valence-corrected chi connectivity index (χ4v) is 2.52. The molecule has 2 rings (SSSR count). The normalized spacial score (nSPS) is 10.1. The summed E-state index contributed by atoms with van der Waals surface area (Å²) >= 11 is 0. The predicted molar refractivity (Wildman–Crippen MR) is 116 cm³/mol. The summed E-state index contributed by atoms with van der Waals surface area (Å²) in [5.41, 5.74) is 1.56. The topological polar surface area (TPSA) is 111 Å². The smallest absolute Gasteiger partial charge is 0.338 e. The molecule has 0 unspecified atom stereocenters. The molecule has 0 radical (unpaired) electrons. The molecule has 31 heavy (non-hydrogen) atoms. The lowest BCUT2D eigenvalue weighted by atomic mass is 10.2. The quantitative estimate of drug-likeness (QED) is 0.532. The second-order valence-electron chi connectivity index (χ2n) is 6.69. The Hall–Kier alpha value is -3.68. The van der Waals surface area contributed by atoms with Crippen LogP contribution in [-0.4, -0.2) is 37.0 Å². The van der Waals surface area contributed by atoms with Crippen molar-refractivity contribution in [2.24, 2.45) is 0 Å². The zero-order valence-corrected chi connectivity index (χ0v) is 17.4. The molecule has 2 N–H and O–H groups in total. The number of rotatable bonds is 11. The van der Waals surface area contributed by atoms with Crippen LogP contribution in [0.4, 0.5) is 11.4 Å². The van der Waals surface area contributed by atoms with Crippen LogP contribution in [0.3, 0.4) is 0 Å². The molecule has 0 bridgehead atoms. The summed E-state index contributed by atoms with van der Waals surface area (Å²) in [5, 5.41) is 5.31. The van der Waals surface area contributed by atoms with Crippen LogP contribution in [0, 0.1) is 0 Å². The fraction of sp³-hybridized carbons (Fsp3) is 0.304. The largest absolute Gasteiger partial charge is 0.462 e. The molecule has 0 aliphatic carbocycles. The summed E-state index contributed by atoms with van der Waals surface area (Å²) in [4.78, 5) is 47.2. The number of ether oxygens (including phenoxy) is 2. The van der Waals surface area contributed by atoms with Gasteiger partial charge in [-0.2, -0.15) is 0 Å². The Morgan fingerprint density at radius 3 is 2.10 bits per heavy atom. The first-order valence-electron chi connectivity index (χ1n) is 10.1. The summed E-state index contributed by atoms with van der Waals surface area (Å²) in [6.45, 7) is 1.89. The number of para-hydroxylation sites is 1. The molecule has 0 aliphatic heterocycles. The van der Waals surface area contributed by atoms with Crippen molar-refractivity contribution in [3.63, 3.8) is 0 Å². The molecule has 164 valence electrons. The second kappa shape index (κ2) is 12.8. The van der Waals surface area contributed by atoms with Crippen molar-refractivity contribution >= 4 is 35.1 Å². The van der Waals surface area contributed by atoms with Crippen LogP contribution in [-0.2, 0) is 23.9 Å². The Balaban J connectivity index is 1.63. The first-order chi connectivity index (χ1) is 15.0. The van der Waals surface area contributed by atoms with E-state index in [4.69, 9.17) is 9.47 Å². The average molecular weight is 426 g/mol. The van der Waals surface area contributed by atoms with Gasteiger partial charge in [-0.15, -0.1) is 0 Å². The van der Waals surface area contributed by atoms with Gasteiger partial charge in [0.05, 0.1) is 12.2 Å². The van der Waals surface area contributed by atoms with Crippen LogP contribution in [0.25, 0.3) is 0 Å². The molecule has 0 heterocycles. The monoisotopic (exact) mass is 426 g/mol. The van der Waals surface area contributed by atoms with E-state index in [-0.39, 0.29) is 31.8 Å². The van der Waals surface area contributed by atoms with E-state index < -0.39 is 17.8 Å². The van der Waals surface area contributed by atoms with Gasteiger partial charge in [0.25, 0.3) is 5.91 Å². The molecule has 0 spiro atoms. The maximum Gasteiger partial charge on any atom is 0.338 e. The number of hydrogen-bond acceptors (Lipinski definition) is 6. The van der Waals surface area contributed by atoms with Crippen LogP contribution < -0.4 is 10.6 Å². The van der Waals surface area contributed by atoms with Gasteiger partial charge in [-0.3, -0.25) is 14.4 Å². The molecule has 2 aromatic rings. The molecule has 2 aromatic carbocycles. The Bertz CT molecular complexity index is 881. The van der Waals surface area contributed by atoms with E-state index in [9.17, 15) is 19.2 Å². The van der Waals surface area contributed by atoms with Gasteiger partial charge in [0.1, 0.15) is 0 Å². The van der Waals surface area contributed by atoms with Crippen molar-refractivity contribution in [3.05, 3.63) is 60.2 Å². The molecule has 0 fully saturated rings. The number of esters is 2. The highest BCUT2D eigenvalue weighted by Crippen LogP contribution is 2.12. The number of hydrogen-bond donors (Lipinski definition) is 2. The number of nitrogens with one attached hydrogen (secondary N) is 2.